The van der Waals surface area contributed by atoms with Gasteiger partial charge in [-0.25, -0.2) is 14.5 Å². The van der Waals surface area contributed by atoms with Gasteiger partial charge in [0.05, 0.1) is 29.4 Å². The Hall–Kier alpha value is -5.11. The Morgan fingerprint density at radius 1 is 0.977 bits per heavy atom. The van der Waals surface area contributed by atoms with Gasteiger partial charge in [-0.1, -0.05) is 42.5 Å². The Kier molecular flexibility index (Phi) is 9.50. The van der Waals surface area contributed by atoms with Gasteiger partial charge in [0.25, 0.3) is 0 Å². The molecule has 0 aromatic heterocycles. The molecule has 0 saturated heterocycles. The van der Waals surface area contributed by atoms with Gasteiger partial charge in [0.1, 0.15) is 0 Å². The van der Waals surface area contributed by atoms with Gasteiger partial charge in [0.2, 0.25) is 5.91 Å². The fourth-order valence-electron chi connectivity index (χ4n) is 4.85. The molecule has 0 spiro atoms. The van der Waals surface area contributed by atoms with Crippen molar-refractivity contribution in [3.8, 4) is 17.2 Å². The fraction of sp³-hybridized carbons (Fsp3) is 0.250. The zero-order valence-electron chi connectivity index (χ0n) is 23.7. The van der Waals surface area contributed by atoms with Crippen LogP contribution in [0, 0.1) is 11.3 Å². The number of carbonyl (C=O) groups is 3. The molecule has 0 fully saturated rings. The predicted molar refractivity (Wildman–Crippen MR) is 157 cm³/mol. The van der Waals surface area contributed by atoms with E-state index < -0.39 is 23.8 Å². The number of nitrogens with zero attached hydrogens (tertiary/aromatic N) is 3. The number of anilines is 1. The Bertz CT molecular complexity index is 1590. The van der Waals surface area contributed by atoms with Crippen molar-refractivity contribution in [2.75, 3.05) is 24.5 Å². The van der Waals surface area contributed by atoms with E-state index in [2.05, 4.69) is 16.7 Å². The summed E-state index contributed by atoms with van der Waals surface area (Å²) in [5, 5.41) is 14.5. The van der Waals surface area contributed by atoms with Gasteiger partial charge in [0.15, 0.2) is 0 Å². The molecule has 3 aromatic rings. The highest BCUT2D eigenvalue weighted by Crippen LogP contribution is 2.38. The highest BCUT2D eigenvalue weighted by Gasteiger charge is 2.38. The normalized spacial score (nSPS) is 13.5. The van der Waals surface area contributed by atoms with Crippen molar-refractivity contribution in [1.82, 2.24) is 15.5 Å². The number of carbonyl (C=O) groups excluding carboxylic acids is 3. The quantitative estimate of drug-likeness (QED) is 0.291. The molecular formula is C32H30F3N5O3. The fourth-order valence-corrected chi connectivity index (χ4v) is 4.85. The van der Waals surface area contributed by atoms with Crippen molar-refractivity contribution < 1.29 is 27.6 Å². The third-order valence-electron chi connectivity index (χ3n) is 7.00. The van der Waals surface area contributed by atoms with Crippen LogP contribution >= 0.6 is 0 Å². The first-order valence-corrected chi connectivity index (χ1v) is 13.7. The number of halogens is 3. The molecule has 2 N–H and O–H groups in total. The Labute approximate surface area is 247 Å². The number of allylic oxidation sites excluding steroid dienone is 1. The van der Waals surface area contributed by atoms with Crippen molar-refractivity contribution >= 4 is 29.2 Å². The molecule has 1 aliphatic rings. The van der Waals surface area contributed by atoms with Crippen LogP contribution in [-0.2, 0) is 11.0 Å². The van der Waals surface area contributed by atoms with Crippen molar-refractivity contribution in [3.05, 3.63) is 95.2 Å². The van der Waals surface area contributed by atoms with Crippen LogP contribution in [0.25, 0.3) is 16.7 Å². The number of alkyl halides is 3. The molecular weight excluding hydrogens is 559 g/mol. The summed E-state index contributed by atoms with van der Waals surface area (Å²) in [7, 11) is 0. The molecule has 43 heavy (non-hydrogen) atoms. The molecule has 1 heterocycles. The zero-order valence-corrected chi connectivity index (χ0v) is 23.7. The lowest BCUT2D eigenvalue weighted by atomic mass is 9.91. The Morgan fingerprint density at radius 2 is 1.67 bits per heavy atom. The van der Waals surface area contributed by atoms with Crippen molar-refractivity contribution in [1.29, 1.82) is 5.26 Å². The standard InChI is InChI=1S/C32H30F3N5O3/c1-3-37-29(41)12-7-17-38-30(42)39-20-28(27-11-5-4-10-26(27)23-15-13-22(19-36)14-16-23)21(2)40(31(39)43)25-9-6-8-24(18-25)32(33,34)35/h4-6,8-11,13-16,18H,3,7,12,17,20H2,1-2H3,(H,37,41)(H,38,42). The lowest BCUT2D eigenvalue weighted by Gasteiger charge is -2.37. The summed E-state index contributed by atoms with van der Waals surface area (Å²) in [4.78, 5) is 40.9. The second kappa shape index (κ2) is 13.2. The number of imide groups is 1. The number of hydrogen-bond donors (Lipinski definition) is 2. The molecule has 0 radical (unpaired) electrons. The van der Waals surface area contributed by atoms with E-state index in [9.17, 15) is 32.8 Å². The molecule has 222 valence electrons. The number of amides is 5. The molecule has 0 saturated carbocycles. The topological polar surface area (TPSA) is 106 Å². The minimum atomic E-state index is -4.64. The number of rotatable bonds is 8. The number of urea groups is 2. The summed E-state index contributed by atoms with van der Waals surface area (Å²) < 4.78 is 40.8. The van der Waals surface area contributed by atoms with Crippen molar-refractivity contribution in [2.24, 2.45) is 0 Å². The van der Waals surface area contributed by atoms with E-state index >= 15 is 0 Å². The number of hydrogen-bond acceptors (Lipinski definition) is 4. The molecule has 11 heteroatoms. The lowest BCUT2D eigenvalue weighted by Crippen LogP contribution is -2.53. The summed E-state index contributed by atoms with van der Waals surface area (Å²) in [5.74, 6) is -0.165. The molecule has 8 nitrogen and oxygen atoms in total. The monoisotopic (exact) mass is 589 g/mol. The van der Waals surface area contributed by atoms with Gasteiger partial charge >= 0.3 is 18.2 Å². The second-order valence-corrected chi connectivity index (χ2v) is 9.84. The Morgan fingerprint density at radius 3 is 2.33 bits per heavy atom. The smallest absolute Gasteiger partial charge is 0.356 e. The van der Waals surface area contributed by atoms with E-state index in [1.807, 2.05) is 18.2 Å². The van der Waals surface area contributed by atoms with Gasteiger partial charge in [-0.2, -0.15) is 18.4 Å². The third kappa shape index (κ3) is 7.04. The van der Waals surface area contributed by atoms with Gasteiger partial charge in [0, 0.05) is 25.2 Å². The van der Waals surface area contributed by atoms with E-state index in [0.29, 0.717) is 35.4 Å². The number of benzene rings is 3. The summed E-state index contributed by atoms with van der Waals surface area (Å²) in [6.07, 6.45) is -4.13. The first kappa shape index (κ1) is 30.8. The first-order valence-electron chi connectivity index (χ1n) is 13.7. The molecule has 0 bridgehead atoms. The van der Waals surface area contributed by atoms with Crippen molar-refractivity contribution in [2.45, 2.75) is 32.9 Å². The average Bonchev–Trinajstić information content (AvgIpc) is 2.99. The second-order valence-electron chi connectivity index (χ2n) is 9.84. The van der Waals surface area contributed by atoms with Crippen molar-refractivity contribution in [3.63, 3.8) is 0 Å². The van der Waals surface area contributed by atoms with Crippen LogP contribution in [0.1, 0.15) is 43.4 Å². The third-order valence-corrected chi connectivity index (χ3v) is 7.00. The van der Waals surface area contributed by atoms with E-state index in [4.69, 9.17) is 0 Å². The first-order chi connectivity index (χ1) is 20.5. The predicted octanol–water partition coefficient (Wildman–Crippen LogP) is 6.54. The average molecular weight is 590 g/mol. The maximum atomic E-state index is 13.7. The van der Waals surface area contributed by atoms with Crippen LogP contribution in [0.15, 0.2) is 78.5 Å². The van der Waals surface area contributed by atoms with Crippen LogP contribution in [0.2, 0.25) is 0 Å². The molecule has 4 rings (SSSR count). The minimum Gasteiger partial charge on any atom is -0.356 e. The summed E-state index contributed by atoms with van der Waals surface area (Å²) in [5.41, 5.74) is 2.62. The van der Waals surface area contributed by atoms with Gasteiger partial charge < -0.3 is 10.6 Å². The molecule has 3 aromatic carbocycles. The van der Waals surface area contributed by atoms with E-state index in [1.54, 1.807) is 44.2 Å². The van der Waals surface area contributed by atoms with Crippen LogP contribution in [0.5, 0.6) is 0 Å². The van der Waals surface area contributed by atoms with Crippen LogP contribution < -0.4 is 15.5 Å². The largest absolute Gasteiger partial charge is 0.416 e. The van der Waals surface area contributed by atoms with E-state index in [1.165, 1.54) is 12.1 Å². The van der Waals surface area contributed by atoms with E-state index in [-0.39, 0.29) is 31.1 Å². The van der Waals surface area contributed by atoms with Crippen LogP contribution in [-0.4, -0.2) is 42.5 Å². The summed E-state index contributed by atoms with van der Waals surface area (Å²) in [6.45, 7) is 3.88. The molecule has 5 amide bonds. The Balaban J connectivity index is 1.76. The van der Waals surface area contributed by atoms with Gasteiger partial charge in [-0.05, 0) is 72.9 Å². The maximum Gasteiger partial charge on any atom is 0.416 e. The number of nitrogens with one attached hydrogen (secondary N) is 2. The zero-order chi connectivity index (χ0) is 31.1. The SMILES string of the molecule is CCNC(=O)CCCNC(=O)N1CC(c2ccccc2-c2ccc(C#N)cc2)=C(C)N(c2cccc(C(F)(F)F)c2)C1=O. The van der Waals surface area contributed by atoms with Gasteiger partial charge in [-0.3, -0.25) is 9.69 Å². The number of nitriles is 1. The lowest BCUT2D eigenvalue weighted by molar-refractivity contribution is -0.137. The van der Waals surface area contributed by atoms with Gasteiger partial charge in [-0.15, -0.1) is 0 Å². The summed E-state index contributed by atoms with van der Waals surface area (Å²) in [6, 6.07) is 19.1. The van der Waals surface area contributed by atoms with Crippen LogP contribution in [0.4, 0.5) is 28.4 Å². The maximum absolute atomic E-state index is 13.7. The van der Waals surface area contributed by atoms with Crippen LogP contribution in [0.3, 0.4) is 0 Å². The minimum absolute atomic E-state index is 0.0422. The summed E-state index contributed by atoms with van der Waals surface area (Å²) >= 11 is 0. The highest BCUT2D eigenvalue weighted by atomic mass is 19.4. The molecule has 0 aliphatic carbocycles. The van der Waals surface area contributed by atoms with E-state index in [0.717, 1.165) is 33.1 Å². The highest BCUT2D eigenvalue weighted by molar-refractivity contribution is 6.09. The molecule has 1 aliphatic heterocycles. The molecule has 0 unspecified atom stereocenters. The molecule has 0 atom stereocenters.